The summed E-state index contributed by atoms with van der Waals surface area (Å²) in [4.78, 5) is 31.9. The number of nitrogens with one attached hydrogen (secondary N) is 1. The van der Waals surface area contributed by atoms with Gasteiger partial charge in [-0.1, -0.05) is 78.0 Å². The number of amides is 2. The van der Waals surface area contributed by atoms with Crippen LogP contribution in [0.15, 0.2) is 107 Å². The van der Waals surface area contributed by atoms with Gasteiger partial charge in [-0.25, -0.2) is 0 Å². The maximum Gasteiger partial charge on any atom is 0.257 e. The summed E-state index contributed by atoms with van der Waals surface area (Å²) in [5, 5.41) is 3.77. The topological polar surface area (TPSA) is 49.4 Å². The summed E-state index contributed by atoms with van der Waals surface area (Å²) in [5.41, 5.74) is 3.29. The van der Waals surface area contributed by atoms with Crippen molar-refractivity contribution < 1.29 is 9.59 Å². The summed E-state index contributed by atoms with van der Waals surface area (Å²) in [6.07, 6.45) is 0.975. The van der Waals surface area contributed by atoms with E-state index in [1.165, 1.54) is 0 Å². The third-order valence-corrected chi connectivity index (χ3v) is 8.39. The molecule has 4 aromatic carbocycles. The molecule has 0 aromatic heterocycles. The number of carbonyl (C=O) groups excluding carboxylic acids is 2. The maximum absolute atomic E-state index is 14.1. The number of anilines is 1. The van der Waals surface area contributed by atoms with E-state index in [1.807, 2.05) is 66.7 Å². The van der Waals surface area contributed by atoms with Gasteiger partial charge < -0.3 is 10.2 Å². The first kappa shape index (κ1) is 22.9. The van der Waals surface area contributed by atoms with Crippen molar-refractivity contribution >= 4 is 40.9 Å². The molecule has 0 saturated carbocycles. The summed E-state index contributed by atoms with van der Waals surface area (Å²) >= 11 is 7.70. The number of halogens is 1. The van der Waals surface area contributed by atoms with Gasteiger partial charge in [0.25, 0.3) is 11.8 Å². The first-order valence-corrected chi connectivity index (χ1v) is 13.0. The second kappa shape index (κ2) is 9.16. The van der Waals surface area contributed by atoms with Crippen LogP contribution in [-0.4, -0.2) is 22.3 Å². The molecule has 2 amide bonds. The summed E-state index contributed by atoms with van der Waals surface area (Å²) in [5.74, 6) is -0.275. The molecule has 0 bridgehead atoms. The lowest BCUT2D eigenvalue weighted by molar-refractivity contribution is -0.126. The molecule has 0 unspecified atom stereocenters. The number of fused-ring (bicyclic) bond motifs is 2. The zero-order valence-electron chi connectivity index (χ0n) is 19.4. The van der Waals surface area contributed by atoms with Gasteiger partial charge in [-0.05, 0) is 59.2 Å². The Balaban J connectivity index is 1.43. The van der Waals surface area contributed by atoms with Crippen molar-refractivity contribution in [2.45, 2.75) is 34.7 Å². The van der Waals surface area contributed by atoms with E-state index in [9.17, 15) is 9.59 Å². The third kappa shape index (κ3) is 3.98. The summed E-state index contributed by atoms with van der Waals surface area (Å²) < 4.78 is 0. The molecule has 0 fully saturated rings. The molecule has 0 saturated heterocycles. The van der Waals surface area contributed by atoms with Crippen molar-refractivity contribution in [2.24, 2.45) is 0 Å². The Bertz CT molecular complexity index is 1460. The minimum atomic E-state index is -1.00. The fraction of sp³-hybridized carbons (Fsp3) is 0.133. The largest absolute Gasteiger partial charge is 0.323 e. The van der Waals surface area contributed by atoms with E-state index < -0.39 is 5.54 Å². The Morgan fingerprint density at radius 1 is 0.806 bits per heavy atom. The van der Waals surface area contributed by atoms with Gasteiger partial charge in [0.1, 0.15) is 5.54 Å². The van der Waals surface area contributed by atoms with Crippen LogP contribution in [0.25, 0.3) is 0 Å². The molecule has 1 spiro atoms. The predicted octanol–water partition coefficient (Wildman–Crippen LogP) is 6.62. The Kier molecular flexibility index (Phi) is 5.82. The Morgan fingerprint density at radius 3 is 2.19 bits per heavy atom. The average Bonchev–Trinajstić information content (AvgIpc) is 3.27. The molecule has 178 valence electrons. The van der Waals surface area contributed by atoms with Gasteiger partial charge in [0.05, 0.1) is 11.3 Å². The highest BCUT2D eigenvalue weighted by Crippen LogP contribution is 2.41. The Morgan fingerprint density at radius 2 is 1.44 bits per heavy atom. The Labute approximate surface area is 219 Å². The standard InChI is InChI=1S/C30H23ClN2O2S/c31-23-13-15-24(16-14-23)36-27-12-6-3-9-22(27)19-33-28(34)25-10-4-5-11-26(25)32-29(35)30(33)17-20-7-1-2-8-21(20)18-30/h1-16H,17-19H2,(H,32,35). The molecule has 0 atom stereocenters. The van der Waals surface area contributed by atoms with E-state index in [2.05, 4.69) is 23.5 Å². The monoisotopic (exact) mass is 510 g/mol. The van der Waals surface area contributed by atoms with Crippen LogP contribution in [-0.2, 0) is 24.2 Å². The van der Waals surface area contributed by atoms with Crippen molar-refractivity contribution in [3.05, 3.63) is 124 Å². The minimum Gasteiger partial charge on any atom is -0.323 e. The summed E-state index contributed by atoms with van der Waals surface area (Å²) in [7, 11) is 0. The third-order valence-electron chi connectivity index (χ3n) is 7.02. The molecule has 1 N–H and O–H groups in total. The van der Waals surface area contributed by atoms with Gasteiger partial charge in [0.15, 0.2) is 0 Å². The molecule has 2 aliphatic rings. The van der Waals surface area contributed by atoms with Crippen molar-refractivity contribution in [3.8, 4) is 0 Å². The highest BCUT2D eigenvalue weighted by atomic mass is 35.5. The quantitative estimate of drug-likeness (QED) is 0.335. The normalized spacial score (nSPS) is 15.9. The number of para-hydroxylation sites is 1. The molecule has 36 heavy (non-hydrogen) atoms. The summed E-state index contributed by atoms with van der Waals surface area (Å²) in [6, 6.07) is 31.2. The number of rotatable bonds is 4. The number of hydrogen-bond donors (Lipinski definition) is 1. The van der Waals surface area contributed by atoms with Crippen LogP contribution in [0.5, 0.6) is 0 Å². The lowest BCUT2D eigenvalue weighted by Crippen LogP contribution is -2.58. The van der Waals surface area contributed by atoms with E-state index in [4.69, 9.17) is 11.6 Å². The molecular formula is C30H23ClN2O2S. The number of carbonyl (C=O) groups is 2. The van der Waals surface area contributed by atoms with Gasteiger partial charge in [-0.2, -0.15) is 0 Å². The van der Waals surface area contributed by atoms with Gasteiger partial charge >= 0.3 is 0 Å². The molecule has 0 radical (unpaired) electrons. The zero-order valence-corrected chi connectivity index (χ0v) is 21.0. The molecular weight excluding hydrogens is 488 g/mol. The first-order valence-electron chi connectivity index (χ1n) is 11.8. The van der Waals surface area contributed by atoms with Crippen molar-refractivity contribution in [1.29, 1.82) is 0 Å². The van der Waals surface area contributed by atoms with Crippen LogP contribution in [0.2, 0.25) is 5.02 Å². The van der Waals surface area contributed by atoms with E-state index in [1.54, 1.807) is 28.8 Å². The second-order valence-electron chi connectivity index (χ2n) is 9.21. The number of hydrogen-bond acceptors (Lipinski definition) is 3. The van der Waals surface area contributed by atoms with Crippen LogP contribution >= 0.6 is 23.4 Å². The lowest BCUT2D eigenvalue weighted by atomic mass is 9.91. The van der Waals surface area contributed by atoms with Crippen molar-refractivity contribution in [2.75, 3.05) is 5.32 Å². The molecule has 6 heteroatoms. The van der Waals surface area contributed by atoms with Crippen LogP contribution in [0, 0.1) is 0 Å². The van der Waals surface area contributed by atoms with E-state index in [0.29, 0.717) is 35.7 Å². The molecule has 1 aliphatic heterocycles. The SMILES string of the molecule is O=C1c2ccccc2NC(=O)C2(Cc3ccccc3C2)N1Cc1ccccc1Sc1ccc(Cl)cc1. The number of benzene rings is 4. The lowest BCUT2D eigenvalue weighted by Gasteiger charge is -2.38. The molecule has 4 aromatic rings. The molecule has 4 nitrogen and oxygen atoms in total. The fourth-order valence-electron chi connectivity index (χ4n) is 5.18. The average molecular weight is 511 g/mol. The summed E-state index contributed by atoms with van der Waals surface area (Å²) in [6.45, 7) is 0.325. The van der Waals surface area contributed by atoms with Crippen molar-refractivity contribution in [1.82, 2.24) is 4.90 Å². The highest BCUT2D eigenvalue weighted by Gasteiger charge is 2.52. The second-order valence-corrected chi connectivity index (χ2v) is 10.8. The van der Waals surface area contributed by atoms with Gasteiger partial charge in [0, 0.05) is 34.2 Å². The van der Waals surface area contributed by atoms with Gasteiger partial charge in [-0.15, -0.1) is 0 Å². The van der Waals surface area contributed by atoms with Crippen LogP contribution in [0.4, 0.5) is 5.69 Å². The molecule has 1 heterocycles. The Hall–Kier alpha value is -3.54. The van der Waals surface area contributed by atoms with E-state index in [-0.39, 0.29) is 11.8 Å². The molecule has 1 aliphatic carbocycles. The number of nitrogens with zero attached hydrogens (tertiary/aromatic N) is 1. The van der Waals surface area contributed by atoms with Gasteiger partial charge in [-0.3, -0.25) is 9.59 Å². The molecule has 6 rings (SSSR count). The van der Waals surface area contributed by atoms with E-state index >= 15 is 0 Å². The first-order chi connectivity index (χ1) is 17.5. The highest BCUT2D eigenvalue weighted by molar-refractivity contribution is 7.99. The minimum absolute atomic E-state index is 0.136. The maximum atomic E-state index is 14.1. The van der Waals surface area contributed by atoms with E-state index in [0.717, 1.165) is 26.5 Å². The fourth-order valence-corrected chi connectivity index (χ4v) is 6.25. The van der Waals surface area contributed by atoms with Crippen LogP contribution < -0.4 is 5.32 Å². The van der Waals surface area contributed by atoms with Crippen LogP contribution in [0.3, 0.4) is 0 Å². The van der Waals surface area contributed by atoms with Crippen LogP contribution in [0.1, 0.15) is 27.0 Å². The zero-order chi connectivity index (χ0) is 24.7. The predicted molar refractivity (Wildman–Crippen MR) is 144 cm³/mol. The van der Waals surface area contributed by atoms with Crippen molar-refractivity contribution in [3.63, 3.8) is 0 Å². The smallest absolute Gasteiger partial charge is 0.257 e. The van der Waals surface area contributed by atoms with Gasteiger partial charge in [0.2, 0.25) is 0 Å².